The summed E-state index contributed by atoms with van der Waals surface area (Å²) < 4.78 is 8.89. The van der Waals surface area contributed by atoms with Crippen molar-refractivity contribution in [2.75, 3.05) is 26.3 Å². The van der Waals surface area contributed by atoms with Crippen molar-refractivity contribution < 1.29 is 9.53 Å². The number of amides is 1. The Morgan fingerprint density at radius 2 is 2.09 bits per heavy atom. The molecule has 0 aromatic carbocycles. The minimum Gasteiger partial charge on any atom is -0.378 e. The SMILES string of the molecule is Cc1cc2c(cc(C(=O)N3CCOCC3)n2CC2CCC2)s1. The maximum Gasteiger partial charge on any atom is 0.270 e. The number of ether oxygens (including phenoxy) is 1. The van der Waals surface area contributed by atoms with E-state index < -0.39 is 0 Å². The molecule has 3 heterocycles. The van der Waals surface area contributed by atoms with Crippen molar-refractivity contribution in [2.24, 2.45) is 5.92 Å². The van der Waals surface area contributed by atoms with Crippen LogP contribution in [0.5, 0.6) is 0 Å². The molecule has 4 rings (SSSR count). The van der Waals surface area contributed by atoms with Gasteiger partial charge in [0.25, 0.3) is 5.91 Å². The first-order valence-corrected chi connectivity index (χ1v) is 9.01. The molecule has 0 unspecified atom stereocenters. The first kappa shape index (κ1) is 14.3. The Kier molecular flexibility index (Phi) is 3.70. The standard InChI is InChI=1S/C17H22N2O2S/c1-12-9-14-16(22-12)10-15(19(14)11-13-3-2-4-13)17(20)18-5-7-21-8-6-18/h9-10,13H,2-8,11H2,1H3. The maximum absolute atomic E-state index is 12.9. The molecule has 22 heavy (non-hydrogen) atoms. The van der Waals surface area contributed by atoms with Gasteiger partial charge in [-0.1, -0.05) is 6.42 Å². The highest BCUT2D eigenvalue weighted by atomic mass is 32.1. The van der Waals surface area contributed by atoms with Crippen molar-refractivity contribution in [1.29, 1.82) is 0 Å². The van der Waals surface area contributed by atoms with Crippen molar-refractivity contribution >= 4 is 27.5 Å². The molecule has 118 valence electrons. The molecule has 1 saturated carbocycles. The molecule has 1 saturated heterocycles. The van der Waals surface area contributed by atoms with Crippen LogP contribution in [0.4, 0.5) is 0 Å². The molecule has 2 aromatic rings. The molecule has 0 N–H and O–H groups in total. The molecule has 0 bridgehead atoms. The minimum atomic E-state index is 0.170. The molecule has 2 aromatic heterocycles. The first-order valence-electron chi connectivity index (χ1n) is 8.19. The van der Waals surface area contributed by atoms with Crippen LogP contribution in [0.15, 0.2) is 12.1 Å². The number of thiophene rings is 1. The van der Waals surface area contributed by atoms with E-state index in [4.69, 9.17) is 4.74 Å². The number of aromatic nitrogens is 1. The van der Waals surface area contributed by atoms with E-state index in [0.29, 0.717) is 26.3 Å². The molecule has 4 nitrogen and oxygen atoms in total. The van der Waals surface area contributed by atoms with Gasteiger partial charge in [-0.25, -0.2) is 0 Å². The van der Waals surface area contributed by atoms with E-state index in [1.165, 1.54) is 34.4 Å². The molecule has 1 aliphatic carbocycles. The summed E-state index contributed by atoms with van der Waals surface area (Å²) in [7, 11) is 0. The number of rotatable bonds is 3. The van der Waals surface area contributed by atoms with Crippen LogP contribution in [-0.4, -0.2) is 41.7 Å². The lowest BCUT2D eigenvalue weighted by molar-refractivity contribution is 0.0295. The van der Waals surface area contributed by atoms with Crippen LogP contribution in [0.2, 0.25) is 0 Å². The lowest BCUT2D eigenvalue weighted by atomic mass is 9.85. The monoisotopic (exact) mass is 318 g/mol. The highest BCUT2D eigenvalue weighted by molar-refractivity contribution is 7.19. The second kappa shape index (κ2) is 5.70. The van der Waals surface area contributed by atoms with Gasteiger partial charge in [0, 0.05) is 24.5 Å². The summed E-state index contributed by atoms with van der Waals surface area (Å²) in [5.74, 6) is 0.913. The Labute approximate surface area is 134 Å². The van der Waals surface area contributed by atoms with Gasteiger partial charge in [-0.05, 0) is 37.8 Å². The molecular weight excluding hydrogens is 296 g/mol. The van der Waals surface area contributed by atoms with Crippen LogP contribution in [0.25, 0.3) is 10.2 Å². The molecule has 1 aliphatic heterocycles. The van der Waals surface area contributed by atoms with E-state index in [1.807, 2.05) is 4.90 Å². The lowest BCUT2D eigenvalue weighted by Crippen LogP contribution is -2.41. The summed E-state index contributed by atoms with van der Waals surface area (Å²) in [6.45, 7) is 5.86. The van der Waals surface area contributed by atoms with Gasteiger partial charge in [0.1, 0.15) is 5.69 Å². The molecule has 2 fully saturated rings. The first-order chi connectivity index (χ1) is 10.7. The molecule has 0 radical (unpaired) electrons. The van der Waals surface area contributed by atoms with E-state index in [0.717, 1.165) is 18.2 Å². The van der Waals surface area contributed by atoms with Gasteiger partial charge in [-0.15, -0.1) is 11.3 Å². The third-order valence-electron chi connectivity index (χ3n) is 4.90. The summed E-state index contributed by atoms with van der Waals surface area (Å²) in [6.07, 6.45) is 3.94. The highest BCUT2D eigenvalue weighted by Gasteiger charge is 2.26. The predicted octanol–water partition coefficient (Wildman–Crippen LogP) is 3.28. The average Bonchev–Trinajstić information content (AvgIpc) is 2.99. The number of carbonyl (C=O) groups excluding carboxylic acids is 1. The third kappa shape index (κ3) is 2.46. The van der Waals surface area contributed by atoms with Crippen LogP contribution in [0.3, 0.4) is 0 Å². The van der Waals surface area contributed by atoms with Gasteiger partial charge in [0.05, 0.1) is 23.4 Å². The summed E-state index contributed by atoms with van der Waals surface area (Å²) in [4.78, 5) is 16.2. The summed E-state index contributed by atoms with van der Waals surface area (Å²) in [5, 5.41) is 0. The Morgan fingerprint density at radius 3 is 2.77 bits per heavy atom. The topological polar surface area (TPSA) is 34.5 Å². The van der Waals surface area contributed by atoms with Gasteiger partial charge in [-0.3, -0.25) is 4.79 Å². The maximum atomic E-state index is 12.9. The number of nitrogens with zero attached hydrogens (tertiary/aromatic N) is 2. The number of carbonyl (C=O) groups is 1. The second-order valence-corrected chi connectivity index (χ2v) is 7.74. The fourth-order valence-corrected chi connectivity index (χ4v) is 4.36. The fourth-order valence-electron chi connectivity index (χ4n) is 3.40. The fraction of sp³-hybridized carbons (Fsp3) is 0.588. The number of hydrogen-bond donors (Lipinski definition) is 0. The van der Waals surface area contributed by atoms with Crippen LogP contribution in [-0.2, 0) is 11.3 Å². The number of fused-ring (bicyclic) bond motifs is 1. The van der Waals surface area contributed by atoms with Crippen molar-refractivity contribution in [3.63, 3.8) is 0 Å². The van der Waals surface area contributed by atoms with Crippen LogP contribution >= 0.6 is 11.3 Å². The Balaban J connectivity index is 1.69. The quantitative estimate of drug-likeness (QED) is 0.870. The molecule has 1 amide bonds. The van der Waals surface area contributed by atoms with Gasteiger partial charge in [0.15, 0.2) is 0 Å². The van der Waals surface area contributed by atoms with E-state index in [1.54, 1.807) is 11.3 Å². The molecule has 5 heteroatoms. The smallest absolute Gasteiger partial charge is 0.270 e. The lowest BCUT2D eigenvalue weighted by Gasteiger charge is -2.29. The molecule has 2 aliphatic rings. The Morgan fingerprint density at radius 1 is 1.32 bits per heavy atom. The van der Waals surface area contributed by atoms with Crippen molar-refractivity contribution in [1.82, 2.24) is 9.47 Å². The van der Waals surface area contributed by atoms with Crippen molar-refractivity contribution in [3.05, 3.63) is 22.7 Å². The normalized spacial score (nSPS) is 19.6. The van der Waals surface area contributed by atoms with Gasteiger partial charge < -0.3 is 14.2 Å². The van der Waals surface area contributed by atoms with Crippen molar-refractivity contribution in [3.8, 4) is 0 Å². The van der Waals surface area contributed by atoms with Gasteiger partial charge in [-0.2, -0.15) is 0 Å². The van der Waals surface area contributed by atoms with Crippen LogP contribution in [0.1, 0.15) is 34.6 Å². The average molecular weight is 318 g/mol. The van der Waals surface area contributed by atoms with Gasteiger partial charge >= 0.3 is 0 Å². The van der Waals surface area contributed by atoms with E-state index in [2.05, 4.69) is 23.6 Å². The van der Waals surface area contributed by atoms with E-state index >= 15 is 0 Å². The predicted molar refractivity (Wildman–Crippen MR) is 88.6 cm³/mol. The number of aryl methyl sites for hydroxylation is 1. The molecule has 0 spiro atoms. The zero-order valence-electron chi connectivity index (χ0n) is 13.0. The third-order valence-corrected chi connectivity index (χ3v) is 5.88. The summed E-state index contributed by atoms with van der Waals surface area (Å²) >= 11 is 1.79. The number of hydrogen-bond acceptors (Lipinski definition) is 3. The Bertz CT molecular complexity index is 693. The van der Waals surface area contributed by atoms with Gasteiger partial charge in [0.2, 0.25) is 0 Å². The Hall–Kier alpha value is -1.33. The zero-order valence-corrected chi connectivity index (χ0v) is 13.8. The zero-order chi connectivity index (χ0) is 15.1. The molecule has 0 atom stereocenters. The van der Waals surface area contributed by atoms with E-state index in [9.17, 15) is 4.79 Å². The second-order valence-electron chi connectivity index (χ2n) is 6.45. The largest absolute Gasteiger partial charge is 0.378 e. The number of morpholine rings is 1. The van der Waals surface area contributed by atoms with Crippen molar-refractivity contribution in [2.45, 2.75) is 32.7 Å². The minimum absolute atomic E-state index is 0.170. The van der Waals surface area contributed by atoms with E-state index in [-0.39, 0.29) is 5.91 Å². The molecular formula is C17H22N2O2S. The summed E-state index contributed by atoms with van der Waals surface area (Å²) in [5.41, 5.74) is 2.11. The summed E-state index contributed by atoms with van der Waals surface area (Å²) in [6, 6.07) is 4.33. The van der Waals surface area contributed by atoms with Crippen LogP contribution < -0.4 is 0 Å². The highest BCUT2D eigenvalue weighted by Crippen LogP contribution is 2.34. The van der Waals surface area contributed by atoms with Crippen LogP contribution in [0, 0.1) is 12.8 Å².